The molecule has 0 radical (unpaired) electrons. The van der Waals surface area contributed by atoms with Crippen molar-refractivity contribution < 1.29 is 0 Å². The van der Waals surface area contributed by atoms with Crippen LogP contribution in [0.1, 0.15) is 46.1 Å². The van der Waals surface area contributed by atoms with Crippen LogP contribution in [0.4, 0.5) is 11.6 Å². The van der Waals surface area contributed by atoms with Gasteiger partial charge in [-0.1, -0.05) is 27.2 Å². The molecule has 0 aliphatic carbocycles. The molecule has 5 heteroatoms. The number of hydrazine groups is 1. The first-order chi connectivity index (χ1) is 9.58. The average molecular weight is 277 g/mol. The zero-order chi connectivity index (χ0) is 14.7. The van der Waals surface area contributed by atoms with E-state index in [2.05, 4.69) is 48.0 Å². The van der Waals surface area contributed by atoms with E-state index in [9.17, 15) is 0 Å². The van der Waals surface area contributed by atoms with E-state index in [0.717, 1.165) is 36.6 Å². The molecule has 1 aliphatic rings. The van der Waals surface area contributed by atoms with Gasteiger partial charge in [0.1, 0.15) is 18.0 Å². The molecule has 0 spiro atoms. The minimum atomic E-state index is 0.502. The van der Waals surface area contributed by atoms with Crippen LogP contribution in [0.5, 0.6) is 0 Å². The Hall–Kier alpha value is -1.36. The lowest BCUT2D eigenvalue weighted by Gasteiger charge is -2.42. The molecule has 1 aliphatic heterocycles. The zero-order valence-corrected chi connectivity index (χ0v) is 13.1. The smallest absolute Gasteiger partial charge is 0.148 e. The first-order valence-corrected chi connectivity index (χ1v) is 7.65. The average Bonchev–Trinajstić information content (AvgIpc) is 2.43. The lowest BCUT2D eigenvalue weighted by Crippen LogP contribution is -2.46. The maximum absolute atomic E-state index is 5.61. The van der Waals surface area contributed by atoms with Crippen molar-refractivity contribution in [3.63, 3.8) is 0 Å². The third-order valence-electron chi connectivity index (χ3n) is 4.43. The van der Waals surface area contributed by atoms with Crippen LogP contribution in [0.3, 0.4) is 0 Å². The Morgan fingerprint density at radius 3 is 2.75 bits per heavy atom. The Morgan fingerprint density at radius 1 is 1.35 bits per heavy atom. The summed E-state index contributed by atoms with van der Waals surface area (Å²) in [5, 5.41) is 0. The number of nitrogens with zero attached hydrogens (tertiary/aromatic N) is 3. The van der Waals surface area contributed by atoms with Gasteiger partial charge in [-0.05, 0) is 31.6 Å². The van der Waals surface area contributed by atoms with E-state index in [4.69, 9.17) is 5.84 Å². The molecule has 0 aromatic carbocycles. The van der Waals surface area contributed by atoms with Crippen LogP contribution in [0, 0.1) is 11.8 Å². The highest BCUT2D eigenvalue weighted by molar-refractivity contribution is 5.59. The van der Waals surface area contributed by atoms with Crippen molar-refractivity contribution in [2.45, 2.75) is 53.0 Å². The van der Waals surface area contributed by atoms with Crippen molar-refractivity contribution >= 4 is 11.6 Å². The van der Waals surface area contributed by atoms with E-state index < -0.39 is 0 Å². The fraction of sp³-hybridized carbons (Fsp3) is 0.733. The summed E-state index contributed by atoms with van der Waals surface area (Å²) in [6.45, 7) is 10.2. The summed E-state index contributed by atoms with van der Waals surface area (Å²) in [6, 6.07) is 0.502. The number of nitrogens with one attached hydrogen (secondary N) is 1. The molecule has 0 bridgehead atoms. The second-order valence-corrected chi connectivity index (χ2v) is 6.13. The maximum atomic E-state index is 5.61. The number of nitrogen functional groups attached to an aromatic ring is 1. The van der Waals surface area contributed by atoms with Crippen LogP contribution >= 0.6 is 0 Å². The molecule has 112 valence electrons. The minimum absolute atomic E-state index is 0.502. The summed E-state index contributed by atoms with van der Waals surface area (Å²) < 4.78 is 0. The van der Waals surface area contributed by atoms with E-state index in [1.807, 2.05) is 0 Å². The van der Waals surface area contributed by atoms with Crippen LogP contribution < -0.4 is 16.2 Å². The highest BCUT2D eigenvalue weighted by Crippen LogP contribution is 2.33. The summed E-state index contributed by atoms with van der Waals surface area (Å²) in [7, 11) is 0. The highest BCUT2D eigenvalue weighted by Gasteiger charge is 2.31. The largest absolute Gasteiger partial charge is 0.353 e. The van der Waals surface area contributed by atoms with Gasteiger partial charge in [-0.15, -0.1) is 0 Å². The molecule has 5 nitrogen and oxygen atoms in total. The molecule has 20 heavy (non-hydrogen) atoms. The van der Waals surface area contributed by atoms with Crippen molar-refractivity contribution in [2.75, 3.05) is 16.9 Å². The Balaban J connectivity index is 2.39. The first-order valence-electron chi connectivity index (χ1n) is 7.65. The van der Waals surface area contributed by atoms with Gasteiger partial charge in [-0.2, -0.15) is 0 Å². The minimum Gasteiger partial charge on any atom is -0.353 e. The lowest BCUT2D eigenvalue weighted by atomic mass is 9.85. The second-order valence-electron chi connectivity index (χ2n) is 6.13. The monoisotopic (exact) mass is 277 g/mol. The van der Waals surface area contributed by atoms with Crippen LogP contribution in [0.15, 0.2) is 6.33 Å². The molecule has 0 saturated carbocycles. The van der Waals surface area contributed by atoms with Gasteiger partial charge in [-0.25, -0.2) is 15.8 Å². The van der Waals surface area contributed by atoms with Crippen LogP contribution in [0.2, 0.25) is 0 Å². The van der Waals surface area contributed by atoms with Gasteiger partial charge in [0, 0.05) is 18.2 Å². The highest BCUT2D eigenvalue weighted by atomic mass is 15.3. The number of piperidine rings is 1. The topological polar surface area (TPSA) is 67.1 Å². The van der Waals surface area contributed by atoms with E-state index in [0.29, 0.717) is 17.9 Å². The number of hydrogen-bond acceptors (Lipinski definition) is 5. The van der Waals surface area contributed by atoms with Crippen molar-refractivity contribution in [2.24, 2.45) is 17.7 Å². The maximum Gasteiger partial charge on any atom is 0.148 e. The summed E-state index contributed by atoms with van der Waals surface area (Å²) in [6.07, 6.45) is 4.90. The molecule has 3 unspecified atom stereocenters. The predicted molar refractivity (Wildman–Crippen MR) is 83.6 cm³/mol. The third-order valence-corrected chi connectivity index (χ3v) is 4.43. The van der Waals surface area contributed by atoms with Gasteiger partial charge in [0.05, 0.1) is 0 Å². The summed E-state index contributed by atoms with van der Waals surface area (Å²) >= 11 is 0. The summed E-state index contributed by atoms with van der Waals surface area (Å²) in [5.41, 5.74) is 3.86. The molecule has 1 aromatic heterocycles. The van der Waals surface area contributed by atoms with Crippen LogP contribution in [0.25, 0.3) is 0 Å². The second kappa shape index (κ2) is 6.39. The standard InChI is InChI=1S/C15H27N5/c1-5-6-13-14(19-16)17-9-18-15(13)20-8-10(2)7-11(3)12(20)4/h9-12H,5-8,16H2,1-4H3,(H,17,18,19). The van der Waals surface area contributed by atoms with E-state index in [1.54, 1.807) is 6.33 Å². The molecular formula is C15H27N5. The van der Waals surface area contributed by atoms with Crippen molar-refractivity contribution in [1.29, 1.82) is 0 Å². The fourth-order valence-corrected chi connectivity index (χ4v) is 3.25. The van der Waals surface area contributed by atoms with Gasteiger partial charge in [0.25, 0.3) is 0 Å². The predicted octanol–water partition coefficient (Wildman–Crippen LogP) is 2.59. The SMILES string of the molecule is CCCc1c(NN)ncnc1N1CC(C)CC(C)C1C. The lowest BCUT2D eigenvalue weighted by molar-refractivity contribution is 0.295. The molecular weight excluding hydrogens is 250 g/mol. The van der Waals surface area contributed by atoms with Gasteiger partial charge in [-0.3, -0.25) is 0 Å². The number of nitrogens with two attached hydrogens (primary N) is 1. The quantitative estimate of drug-likeness (QED) is 0.654. The van der Waals surface area contributed by atoms with Crippen molar-refractivity contribution in [3.8, 4) is 0 Å². The molecule has 2 heterocycles. The molecule has 1 fully saturated rings. The van der Waals surface area contributed by atoms with Crippen molar-refractivity contribution in [1.82, 2.24) is 9.97 Å². The fourth-order valence-electron chi connectivity index (χ4n) is 3.25. The normalized spacial score (nSPS) is 26.6. The number of rotatable bonds is 4. The van der Waals surface area contributed by atoms with Gasteiger partial charge < -0.3 is 10.3 Å². The van der Waals surface area contributed by atoms with Gasteiger partial charge in [0.15, 0.2) is 0 Å². The molecule has 3 N–H and O–H groups in total. The molecule has 1 saturated heterocycles. The third kappa shape index (κ3) is 2.87. The van der Waals surface area contributed by atoms with Crippen LogP contribution in [-0.2, 0) is 6.42 Å². The summed E-state index contributed by atoms with van der Waals surface area (Å²) in [4.78, 5) is 11.3. The van der Waals surface area contributed by atoms with E-state index in [1.165, 1.54) is 6.42 Å². The summed E-state index contributed by atoms with van der Waals surface area (Å²) in [5.74, 6) is 8.80. The number of aromatic nitrogens is 2. The Bertz CT molecular complexity index is 448. The molecule has 3 atom stereocenters. The number of anilines is 2. The zero-order valence-electron chi connectivity index (χ0n) is 13.1. The van der Waals surface area contributed by atoms with Gasteiger partial charge in [0.2, 0.25) is 0 Å². The van der Waals surface area contributed by atoms with E-state index in [-0.39, 0.29) is 0 Å². The molecule has 0 amide bonds. The Morgan fingerprint density at radius 2 is 2.10 bits per heavy atom. The van der Waals surface area contributed by atoms with Crippen molar-refractivity contribution in [3.05, 3.63) is 11.9 Å². The van der Waals surface area contributed by atoms with Crippen LogP contribution in [-0.4, -0.2) is 22.6 Å². The van der Waals surface area contributed by atoms with Gasteiger partial charge >= 0.3 is 0 Å². The number of hydrogen-bond donors (Lipinski definition) is 2. The molecule has 1 aromatic rings. The first kappa shape index (κ1) is 15.0. The Kier molecular flexibility index (Phi) is 4.81. The molecule has 2 rings (SSSR count). The van der Waals surface area contributed by atoms with E-state index >= 15 is 0 Å². The Labute approximate surface area is 121 Å².